The third-order valence-corrected chi connectivity index (χ3v) is 6.70. The van der Waals surface area contributed by atoms with Crippen LogP contribution in [0.1, 0.15) is 24.9 Å². The Balaban J connectivity index is 1.68. The van der Waals surface area contributed by atoms with E-state index >= 15 is 0 Å². The Labute approximate surface area is 143 Å². The van der Waals surface area contributed by atoms with Crippen LogP contribution in [-0.2, 0) is 0 Å². The van der Waals surface area contributed by atoms with Crippen molar-refractivity contribution in [3.63, 3.8) is 0 Å². The second kappa shape index (κ2) is 4.04. The maximum atomic E-state index is 13.2. The first kappa shape index (κ1) is 13.5. The summed E-state index contributed by atoms with van der Waals surface area (Å²) in [4.78, 5) is 26.4. The van der Waals surface area contributed by atoms with E-state index < -0.39 is 0 Å². The molecule has 5 nitrogen and oxygen atoms in total. The lowest BCUT2D eigenvalue weighted by atomic mass is 9.43. The smallest absolute Gasteiger partial charge is 0.245 e. The number of hydrogen-bond acceptors (Lipinski definition) is 2. The van der Waals surface area contributed by atoms with Gasteiger partial charge in [-0.15, -0.1) is 0 Å². The van der Waals surface area contributed by atoms with Crippen LogP contribution in [0.4, 0.5) is 0 Å². The van der Waals surface area contributed by atoms with Gasteiger partial charge in [0.2, 0.25) is 0 Å². The molecule has 7 rings (SSSR count). The number of nitrogens with zero attached hydrogens (tertiary/aromatic N) is 3. The maximum Gasteiger partial charge on any atom is 0.352 e. The van der Waals surface area contributed by atoms with Crippen LogP contribution in [0.3, 0.4) is 0 Å². The summed E-state index contributed by atoms with van der Waals surface area (Å²) in [6, 6.07) is 9.00. The largest absolute Gasteiger partial charge is 0.352 e. The summed E-state index contributed by atoms with van der Waals surface area (Å²) in [6.07, 6.45) is 15.1. The molecule has 2 bridgehead atoms. The number of hydrogen-bond donors (Lipinski definition) is 0. The molecule has 25 heavy (non-hydrogen) atoms. The Morgan fingerprint density at radius 1 is 0.800 bits per heavy atom. The highest BCUT2D eigenvalue weighted by Crippen LogP contribution is 2.71. The van der Waals surface area contributed by atoms with Crippen molar-refractivity contribution in [2.45, 2.75) is 24.9 Å². The summed E-state index contributed by atoms with van der Waals surface area (Å²) in [7, 11) is 0. The molecule has 3 heterocycles. The fraction of sp³-hybridized carbons (Fsp3) is 0.300. The number of rotatable bonds is 1. The summed E-state index contributed by atoms with van der Waals surface area (Å²) < 4.78 is 4.70. The van der Waals surface area contributed by atoms with Gasteiger partial charge in [-0.25, -0.2) is 23.5 Å². The van der Waals surface area contributed by atoms with Gasteiger partial charge in [-0.3, -0.25) is 0 Å². The lowest BCUT2D eigenvalue weighted by Crippen LogP contribution is -2.64. The van der Waals surface area contributed by atoms with E-state index in [-0.39, 0.29) is 34.3 Å². The molecular weight excluding hydrogens is 314 g/mol. The van der Waals surface area contributed by atoms with E-state index in [2.05, 4.69) is 36.5 Å². The molecule has 0 spiro atoms. The highest BCUT2D eigenvalue weighted by molar-refractivity contribution is 5.43. The second-order valence-electron chi connectivity index (χ2n) is 7.49. The third-order valence-electron chi connectivity index (χ3n) is 6.70. The molecule has 2 aromatic rings. The predicted octanol–water partition coefficient (Wildman–Crippen LogP) is 2.36. The third kappa shape index (κ3) is 1.24. The number of aromatic nitrogens is 3. The molecule has 3 aliphatic carbocycles. The summed E-state index contributed by atoms with van der Waals surface area (Å²) in [6.45, 7) is 0. The van der Waals surface area contributed by atoms with Crippen LogP contribution in [0, 0.1) is 10.8 Å². The molecule has 1 aromatic carbocycles. The zero-order valence-electron chi connectivity index (χ0n) is 13.6. The Hall–Kier alpha value is -2.82. The van der Waals surface area contributed by atoms with E-state index in [0.29, 0.717) is 5.69 Å². The van der Waals surface area contributed by atoms with E-state index in [1.807, 2.05) is 30.3 Å². The fourth-order valence-corrected chi connectivity index (χ4v) is 5.50. The molecule has 0 fully saturated rings. The number of allylic oxidation sites excluding steroid dienone is 6. The van der Waals surface area contributed by atoms with E-state index in [1.54, 1.807) is 9.36 Å². The first-order valence-corrected chi connectivity index (χ1v) is 8.75. The first-order valence-electron chi connectivity index (χ1n) is 8.75. The predicted molar refractivity (Wildman–Crippen MR) is 93.9 cm³/mol. The molecule has 2 aliphatic heterocycles. The Kier molecular flexibility index (Phi) is 2.18. The minimum atomic E-state index is -0.242. The average molecular weight is 331 g/mol. The minimum absolute atomic E-state index is 0.0691. The monoisotopic (exact) mass is 331 g/mol. The van der Waals surface area contributed by atoms with Gasteiger partial charge >= 0.3 is 11.4 Å². The molecule has 5 aliphatic rings. The molecule has 5 heteroatoms. The molecule has 4 atom stereocenters. The summed E-state index contributed by atoms with van der Waals surface area (Å²) >= 11 is 0. The molecule has 124 valence electrons. The van der Waals surface area contributed by atoms with E-state index in [9.17, 15) is 9.59 Å². The minimum Gasteiger partial charge on any atom is -0.245 e. The topological polar surface area (TPSA) is 48.9 Å². The number of benzene rings is 1. The SMILES string of the molecule is O=c1n(-c2ccccc2)c(=O)n2n1[C@H]1C=C[C@@H]2[C@@]23C=C[C@@]12CC=CC3. The normalized spacial score (nSPS) is 35.8. The molecule has 0 N–H and O–H groups in total. The van der Waals surface area contributed by atoms with Gasteiger partial charge in [0.25, 0.3) is 0 Å². The Morgan fingerprint density at radius 3 is 1.80 bits per heavy atom. The molecule has 0 amide bonds. The van der Waals surface area contributed by atoms with Crippen molar-refractivity contribution < 1.29 is 0 Å². The van der Waals surface area contributed by atoms with Crippen molar-refractivity contribution in [3.8, 4) is 5.69 Å². The second-order valence-corrected chi connectivity index (χ2v) is 7.49. The zero-order valence-corrected chi connectivity index (χ0v) is 13.6. The summed E-state index contributed by atoms with van der Waals surface area (Å²) in [5, 5.41) is 0. The van der Waals surface area contributed by atoms with Crippen LogP contribution in [0.15, 0.2) is 76.4 Å². The van der Waals surface area contributed by atoms with Gasteiger partial charge in [-0.1, -0.05) is 54.7 Å². The van der Waals surface area contributed by atoms with Crippen molar-refractivity contribution in [3.05, 3.63) is 87.8 Å². The van der Waals surface area contributed by atoms with Gasteiger partial charge in [0.1, 0.15) is 0 Å². The van der Waals surface area contributed by atoms with Gasteiger partial charge in [0.05, 0.1) is 17.8 Å². The first-order chi connectivity index (χ1) is 12.2. The molecule has 0 radical (unpaired) electrons. The fourth-order valence-electron chi connectivity index (χ4n) is 5.50. The highest BCUT2D eigenvalue weighted by atomic mass is 16.2. The van der Waals surface area contributed by atoms with Crippen LogP contribution < -0.4 is 11.4 Å². The maximum absolute atomic E-state index is 13.2. The van der Waals surface area contributed by atoms with E-state index in [1.165, 1.54) is 4.57 Å². The van der Waals surface area contributed by atoms with Crippen LogP contribution in [0.25, 0.3) is 5.69 Å². The van der Waals surface area contributed by atoms with Crippen LogP contribution >= 0.6 is 0 Å². The molecule has 0 unspecified atom stereocenters. The van der Waals surface area contributed by atoms with Gasteiger partial charge in [-0.2, -0.15) is 0 Å². The van der Waals surface area contributed by atoms with E-state index in [4.69, 9.17) is 0 Å². The molecule has 1 aromatic heterocycles. The van der Waals surface area contributed by atoms with Crippen molar-refractivity contribution in [2.24, 2.45) is 10.8 Å². The van der Waals surface area contributed by atoms with Gasteiger partial charge in [0.15, 0.2) is 0 Å². The standard InChI is InChI=1S/C20H17N3O2/c24-17-21(14-6-2-1-3-7-14)18(25)23-16-9-8-15(22(17)23)19-10-4-5-11-20(16,19)13-12-19/h1-9,12-13,15-16H,10-11H2/t15-,16+,19-,20+. The Morgan fingerprint density at radius 2 is 1.32 bits per heavy atom. The molecule has 0 saturated heterocycles. The highest BCUT2D eigenvalue weighted by Gasteiger charge is 2.67. The van der Waals surface area contributed by atoms with Crippen LogP contribution in [0.2, 0.25) is 0 Å². The lowest BCUT2D eigenvalue weighted by Gasteiger charge is -2.65. The van der Waals surface area contributed by atoms with E-state index in [0.717, 1.165) is 12.8 Å². The van der Waals surface area contributed by atoms with Crippen LogP contribution in [0.5, 0.6) is 0 Å². The summed E-state index contributed by atoms with van der Waals surface area (Å²) in [5.41, 5.74) is 0.00473. The van der Waals surface area contributed by atoms with Gasteiger partial charge in [0, 0.05) is 10.8 Å². The zero-order chi connectivity index (χ0) is 16.8. The van der Waals surface area contributed by atoms with Crippen molar-refractivity contribution in [2.75, 3.05) is 0 Å². The lowest BCUT2D eigenvalue weighted by molar-refractivity contribution is -0.0513. The van der Waals surface area contributed by atoms with Crippen molar-refractivity contribution >= 4 is 0 Å². The van der Waals surface area contributed by atoms with Gasteiger partial charge in [-0.05, 0) is 25.0 Å². The van der Waals surface area contributed by atoms with Gasteiger partial charge < -0.3 is 0 Å². The van der Waals surface area contributed by atoms with Crippen molar-refractivity contribution in [1.82, 2.24) is 13.9 Å². The molecular formula is C20H17N3O2. The number of para-hydroxylation sites is 1. The summed E-state index contributed by atoms with van der Waals surface area (Å²) in [5.74, 6) is 0. The van der Waals surface area contributed by atoms with Crippen LogP contribution in [-0.4, -0.2) is 13.9 Å². The van der Waals surface area contributed by atoms with Crippen molar-refractivity contribution in [1.29, 1.82) is 0 Å². The molecule has 0 saturated carbocycles. The average Bonchev–Trinajstić information content (AvgIpc) is 2.90. The Bertz CT molecular complexity index is 1050. The quantitative estimate of drug-likeness (QED) is 0.753.